The number of aliphatic hydroxyl groups excluding tert-OH is 1. The molecule has 26 nitrogen and oxygen atoms in total. The van der Waals surface area contributed by atoms with Gasteiger partial charge in [-0.15, -0.1) is 0 Å². The molecular formula is C80H79N10O16P. The van der Waals surface area contributed by atoms with Crippen molar-refractivity contribution in [1.82, 2.24) is 34.0 Å². The number of rotatable bonds is 32. The average molecular weight is 1470 g/mol. The lowest BCUT2D eigenvalue weighted by Crippen LogP contribution is -2.38. The van der Waals surface area contributed by atoms with Gasteiger partial charge in [0, 0.05) is 63.4 Å². The number of phosphoric acid groups is 1. The Morgan fingerprint density at radius 3 is 1.99 bits per heavy atom. The van der Waals surface area contributed by atoms with Gasteiger partial charge in [0.2, 0.25) is 5.91 Å². The van der Waals surface area contributed by atoms with E-state index in [0.29, 0.717) is 47.5 Å². The molecule has 13 rings (SSSR count). The third-order valence-electron chi connectivity index (χ3n) is 19.2. The molecule has 0 bridgehead atoms. The molecular weight excluding hydrogens is 1390 g/mol. The molecule has 5 heterocycles. The van der Waals surface area contributed by atoms with Gasteiger partial charge in [-0.25, -0.2) is 29.1 Å². The van der Waals surface area contributed by atoms with Crippen molar-refractivity contribution in [2.45, 2.75) is 99.8 Å². The summed E-state index contributed by atoms with van der Waals surface area (Å²) in [6, 6.07) is 60.4. The summed E-state index contributed by atoms with van der Waals surface area (Å²) in [5.41, 5.74) is 6.96. The number of methoxy groups -OCH3 is 2. The predicted octanol–water partition coefficient (Wildman–Crippen LogP) is 12.1. The molecule has 550 valence electrons. The maximum atomic E-state index is 15.4. The number of amides is 3. The number of phosphoric ester groups is 1. The average Bonchev–Trinajstić information content (AvgIpc) is 1.63. The van der Waals surface area contributed by atoms with Gasteiger partial charge in [0.1, 0.15) is 72.4 Å². The monoisotopic (exact) mass is 1470 g/mol. The van der Waals surface area contributed by atoms with Crippen molar-refractivity contribution in [3.8, 4) is 28.7 Å². The molecule has 3 aromatic heterocycles. The van der Waals surface area contributed by atoms with Crippen LogP contribution >= 0.6 is 7.82 Å². The lowest BCUT2D eigenvalue weighted by atomic mass is 9.80. The molecule has 0 saturated carbocycles. The highest BCUT2D eigenvalue weighted by atomic mass is 31.2. The van der Waals surface area contributed by atoms with Gasteiger partial charge in [-0.2, -0.15) is 10.2 Å². The Hall–Kier alpha value is -11.1. The van der Waals surface area contributed by atoms with Crippen molar-refractivity contribution in [2.24, 2.45) is 0 Å². The fourth-order valence-corrected chi connectivity index (χ4v) is 15.0. The second-order valence-corrected chi connectivity index (χ2v) is 27.6. The Labute approximate surface area is 616 Å². The maximum absolute atomic E-state index is 15.4. The van der Waals surface area contributed by atoms with Crippen LogP contribution in [0, 0.1) is 11.3 Å². The Bertz CT molecular complexity index is 4840. The zero-order chi connectivity index (χ0) is 74.4. The summed E-state index contributed by atoms with van der Waals surface area (Å²) in [7, 11) is -0.0915. The fraction of sp³-hybridized carbons (Fsp3) is 0.300. The van der Waals surface area contributed by atoms with E-state index in [-0.39, 0.29) is 86.4 Å². The first-order valence-electron chi connectivity index (χ1n) is 35.1. The molecule has 1 aliphatic carbocycles. The number of fused-ring (bicyclic) bond motifs is 4. The zero-order valence-electron chi connectivity index (χ0n) is 59.0. The van der Waals surface area contributed by atoms with Crippen LogP contribution in [-0.2, 0) is 65.1 Å². The number of carbonyl (C=O) groups excluding carboxylic acids is 4. The van der Waals surface area contributed by atoms with E-state index in [1.54, 1.807) is 50.1 Å². The van der Waals surface area contributed by atoms with Gasteiger partial charge in [0.05, 0.1) is 59.0 Å². The van der Waals surface area contributed by atoms with E-state index in [1.165, 1.54) is 29.8 Å². The van der Waals surface area contributed by atoms with Crippen LogP contribution in [-0.4, -0.2) is 141 Å². The highest BCUT2D eigenvalue weighted by Crippen LogP contribution is 2.55. The lowest BCUT2D eigenvalue weighted by molar-refractivity contribution is -0.118. The van der Waals surface area contributed by atoms with Gasteiger partial charge < -0.3 is 49.1 Å². The second-order valence-electron chi connectivity index (χ2n) is 26.0. The van der Waals surface area contributed by atoms with E-state index in [0.717, 1.165) is 43.5 Å². The number of hydrogen-bond acceptors (Lipinski definition) is 21. The van der Waals surface area contributed by atoms with E-state index in [2.05, 4.69) is 42.7 Å². The Morgan fingerprint density at radius 2 is 1.33 bits per heavy atom. The second kappa shape index (κ2) is 34.0. The van der Waals surface area contributed by atoms with Crippen molar-refractivity contribution in [3.05, 3.63) is 262 Å². The van der Waals surface area contributed by atoms with Crippen molar-refractivity contribution < 1.29 is 70.8 Å². The lowest BCUT2D eigenvalue weighted by Gasteiger charge is -2.37. The first kappa shape index (κ1) is 74.2. The number of ketones is 1. The summed E-state index contributed by atoms with van der Waals surface area (Å²) < 4.78 is 74.1. The first-order valence-corrected chi connectivity index (χ1v) is 36.6. The molecule has 2 fully saturated rings. The van der Waals surface area contributed by atoms with Crippen LogP contribution in [0.2, 0.25) is 0 Å². The van der Waals surface area contributed by atoms with Crippen molar-refractivity contribution in [3.63, 3.8) is 0 Å². The van der Waals surface area contributed by atoms with E-state index in [4.69, 9.17) is 42.0 Å². The molecule has 0 radical (unpaired) electrons. The van der Waals surface area contributed by atoms with E-state index < -0.39 is 87.1 Å². The number of aliphatic hydroxyl groups is 1. The number of imidazole rings is 1. The minimum Gasteiger partial charge on any atom is -0.497 e. The number of benzene rings is 7. The SMILES string of the molecule is COc1ccc(C(OC[C@H]2O[C@@H](n3cnc4c(NC(=O)c5ccc(CCC(=O)Cc6ccccc6)cc5)ncnc43)CC2OP(=O)(OCCC#N)OC[C@H]2O[C@@H](n3ccc(NC(=O)CCCN(C)C(=O)OCC4c5ccccc5-c5ccccc54)nc3=O)CC2O)(c2ccccc2)c2ccc(OC)cc2)cc1. The molecule has 3 unspecified atom stereocenters. The number of anilines is 2. The minimum absolute atomic E-state index is 0.00589. The molecule has 7 atom stereocenters. The first-order chi connectivity index (χ1) is 52.1. The number of carbonyl (C=O) groups is 4. The Morgan fingerprint density at radius 1 is 0.692 bits per heavy atom. The van der Waals surface area contributed by atoms with Gasteiger partial charge >= 0.3 is 19.6 Å². The highest BCUT2D eigenvalue weighted by Gasteiger charge is 2.48. The van der Waals surface area contributed by atoms with Crippen LogP contribution in [0.4, 0.5) is 16.4 Å². The molecule has 7 aromatic carbocycles. The van der Waals surface area contributed by atoms with Crippen LogP contribution in [0.15, 0.2) is 212 Å². The summed E-state index contributed by atoms with van der Waals surface area (Å²) >= 11 is 0. The highest BCUT2D eigenvalue weighted by molar-refractivity contribution is 7.48. The molecule has 10 aromatic rings. The van der Waals surface area contributed by atoms with Gasteiger partial charge in [-0.05, 0) is 105 Å². The van der Waals surface area contributed by atoms with Gasteiger partial charge in [-0.1, -0.05) is 146 Å². The number of nitriles is 1. The van der Waals surface area contributed by atoms with Crippen molar-refractivity contribution >= 4 is 54.3 Å². The number of hydrogen-bond donors (Lipinski definition) is 3. The van der Waals surface area contributed by atoms with Crippen molar-refractivity contribution in [1.29, 1.82) is 5.26 Å². The molecule has 107 heavy (non-hydrogen) atoms. The summed E-state index contributed by atoms with van der Waals surface area (Å²) in [4.78, 5) is 85.7. The van der Waals surface area contributed by atoms with E-state index in [1.807, 2.05) is 152 Å². The van der Waals surface area contributed by atoms with E-state index in [9.17, 15) is 34.3 Å². The summed E-state index contributed by atoms with van der Waals surface area (Å²) in [6.07, 6.45) is -2.34. The molecule has 3 amide bonds. The smallest absolute Gasteiger partial charge is 0.475 e. The largest absolute Gasteiger partial charge is 0.497 e. The quantitative estimate of drug-likeness (QED) is 0.0200. The Kier molecular flexibility index (Phi) is 23.6. The minimum atomic E-state index is -4.83. The maximum Gasteiger partial charge on any atom is 0.475 e. The molecule has 0 spiro atoms. The molecule has 2 saturated heterocycles. The summed E-state index contributed by atoms with van der Waals surface area (Å²) in [5.74, 6) is 0.324. The topological polar surface area (TPSA) is 318 Å². The van der Waals surface area contributed by atoms with Crippen LogP contribution in [0.1, 0.15) is 106 Å². The van der Waals surface area contributed by atoms with Crippen molar-refractivity contribution in [2.75, 3.05) is 64.9 Å². The van der Waals surface area contributed by atoms with Crippen LogP contribution in [0.5, 0.6) is 11.5 Å². The van der Waals surface area contributed by atoms with Gasteiger partial charge in [0.15, 0.2) is 17.0 Å². The van der Waals surface area contributed by atoms with Crippen LogP contribution in [0.25, 0.3) is 22.3 Å². The molecule has 27 heteroatoms. The molecule has 3 N–H and O–H groups in total. The number of aromatic nitrogens is 6. The molecule has 2 aliphatic heterocycles. The fourth-order valence-electron chi connectivity index (χ4n) is 13.6. The third-order valence-corrected chi connectivity index (χ3v) is 20.6. The van der Waals surface area contributed by atoms with E-state index >= 15 is 4.57 Å². The Balaban J connectivity index is 0.694. The number of nitrogens with zero attached hydrogens (tertiary/aromatic N) is 8. The number of aryl methyl sites for hydroxylation is 1. The standard InChI is InChI=1S/C80H79N10O16P/c1-88(79(96)100-47-65-63-22-12-10-20-61(63)62-21-11-13-23-64(62)65)41-14-24-71(93)85-70-39-42-89(78(95)86-70)72-45-66(92)68(104-72)49-103-107(97,102-43-15-40-81)106-67-46-73(105-69(67)48-101-80(55-18-8-5-9-19-55,56-30-35-59(98-2)36-31-56)57-32-37-60(99-3)38-33-57)90-51-84-74-75(82-50-83-76(74)90)87-77(94)54-28-25-52(26-29-54)27-34-58(91)44-53-16-6-4-7-17-53/h4-13,16-23,25-26,28-33,35-39,42,50-51,65-69,72-73,92H,14-15,24,27,34,41,43-49H2,1-3H3,(H,82,83,87,94)(H,85,86,93,95)/t66?,67?,68-,69-,72-,73-,107?/m1/s1. The molecule has 3 aliphatic rings. The number of Topliss-reactive ketones (excluding diaryl/α,β-unsaturated/α-hetero) is 1. The zero-order valence-corrected chi connectivity index (χ0v) is 59.9. The number of nitrogens with one attached hydrogen (secondary N) is 2. The van der Waals surface area contributed by atoms with Crippen LogP contribution < -0.4 is 25.8 Å². The predicted molar refractivity (Wildman–Crippen MR) is 393 cm³/mol. The third kappa shape index (κ3) is 17.2. The van der Waals surface area contributed by atoms with Crippen LogP contribution in [0.3, 0.4) is 0 Å². The summed E-state index contributed by atoms with van der Waals surface area (Å²) in [6.45, 7) is -0.907. The number of ether oxygens (including phenoxy) is 6. The normalized spacial score (nSPS) is 18.0. The van der Waals surface area contributed by atoms with Gasteiger partial charge in [-0.3, -0.25) is 37.1 Å². The van der Waals surface area contributed by atoms with Gasteiger partial charge in [0.25, 0.3) is 5.91 Å². The summed E-state index contributed by atoms with van der Waals surface area (Å²) in [5, 5.41) is 26.7.